The highest BCUT2D eigenvalue weighted by atomic mass is 35.5. The zero-order valence-electron chi connectivity index (χ0n) is 12.9. The van der Waals surface area contributed by atoms with Crippen LogP contribution in [0.2, 0.25) is 5.02 Å². The molecule has 1 N–H and O–H groups in total. The molecule has 1 saturated carbocycles. The van der Waals surface area contributed by atoms with Crippen molar-refractivity contribution in [2.24, 2.45) is 11.8 Å². The molecule has 1 saturated heterocycles. The lowest BCUT2D eigenvalue weighted by molar-refractivity contribution is -0.137. The van der Waals surface area contributed by atoms with Gasteiger partial charge in [-0.1, -0.05) is 11.6 Å². The molecular weight excluding hydrogens is 320 g/mol. The number of nitrogens with zero attached hydrogens (tertiary/aromatic N) is 1. The van der Waals surface area contributed by atoms with Gasteiger partial charge in [0, 0.05) is 18.1 Å². The lowest BCUT2D eigenvalue weighted by Gasteiger charge is -2.27. The third kappa shape index (κ3) is 3.59. The summed E-state index contributed by atoms with van der Waals surface area (Å²) < 4.78 is 10.4. The molecule has 7 heteroatoms. The van der Waals surface area contributed by atoms with Crippen LogP contribution in [0.15, 0.2) is 18.2 Å². The molecule has 0 spiro atoms. The number of methoxy groups -OCH3 is 1. The van der Waals surface area contributed by atoms with E-state index in [-0.39, 0.29) is 23.7 Å². The van der Waals surface area contributed by atoms with Gasteiger partial charge in [-0.25, -0.2) is 0 Å². The first-order valence-corrected chi connectivity index (χ1v) is 7.99. The Labute approximate surface area is 139 Å². The molecule has 1 aromatic rings. The van der Waals surface area contributed by atoms with E-state index in [9.17, 15) is 9.59 Å². The second-order valence-electron chi connectivity index (χ2n) is 5.72. The Morgan fingerprint density at radius 1 is 1.30 bits per heavy atom. The van der Waals surface area contributed by atoms with Crippen LogP contribution in [0.3, 0.4) is 0 Å². The van der Waals surface area contributed by atoms with Crippen LogP contribution >= 0.6 is 11.6 Å². The standard InChI is InChI=1S/C16H19ClN2O4/c1-22-14-3-2-10(17)8-13(14)18-15(20)11-9-12(11)16(21)19-4-6-23-7-5-19/h2-3,8,11-12H,4-7,9H2,1H3,(H,18,20). The summed E-state index contributed by atoms with van der Waals surface area (Å²) in [4.78, 5) is 26.5. The number of hydrogen-bond donors (Lipinski definition) is 1. The average Bonchev–Trinajstić information content (AvgIpc) is 3.36. The molecule has 1 aromatic carbocycles. The highest BCUT2D eigenvalue weighted by Crippen LogP contribution is 2.41. The summed E-state index contributed by atoms with van der Waals surface area (Å²) in [6.45, 7) is 2.33. The van der Waals surface area contributed by atoms with Crippen molar-refractivity contribution in [3.8, 4) is 5.75 Å². The van der Waals surface area contributed by atoms with Crippen LogP contribution in [0.25, 0.3) is 0 Å². The van der Waals surface area contributed by atoms with E-state index in [0.29, 0.717) is 49.2 Å². The van der Waals surface area contributed by atoms with Gasteiger partial charge in [0.1, 0.15) is 5.75 Å². The van der Waals surface area contributed by atoms with Crippen molar-refractivity contribution in [1.82, 2.24) is 4.90 Å². The van der Waals surface area contributed by atoms with Gasteiger partial charge in [0.2, 0.25) is 11.8 Å². The molecule has 124 valence electrons. The molecule has 2 amide bonds. The van der Waals surface area contributed by atoms with E-state index in [1.54, 1.807) is 23.1 Å². The van der Waals surface area contributed by atoms with Gasteiger partial charge in [0.15, 0.2) is 0 Å². The third-order valence-corrected chi connectivity index (χ3v) is 4.42. The highest BCUT2D eigenvalue weighted by Gasteiger charge is 2.49. The van der Waals surface area contributed by atoms with E-state index in [1.165, 1.54) is 7.11 Å². The first-order valence-electron chi connectivity index (χ1n) is 7.61. The SMILES string of the molecule is COc1ccc(Cl)cc1NC(=O)C1CC1C(=O)N1CCOCC1. The predicted octanol–water partition coefficient (Wildman–Crippen LogP) is 1.78. The zero-order valence-corrected chi connectivity index (χ0v) is 13.6. The summed E-state index contributed by atoms with van der Waals surface area (Å²) in [5.74, 6) is -0.0875. The molecule has 0 bridgehead atoms. The number of hydrogen-bond acceptors (Lipinski definition) is 4. The van der Waals surface area contributed by atoms with Crippen molar-refractivity contribution < 1.29 is 19.1 Å². The number of halogens is 1. The van der Waals surface area contributed by atoms with Crippen LogP contribution in [-0.2, 0) is 14.3 Å². The van der Waals surface area contributed by atoms with Gasteiger partial charge in [-0.2, -0.15) is 0 Å². The maximum atomic E-state index is 12.3. The van der Waals surface area contributed by atoms with E-state index in [2.05, 4.69) is 5.32 Å². The lowest BCUT2D eigenvalue weighted by atomic mass is 10.2. The summed E-state index contributed by atoms with van der Waals surface area (Å²) in [5, 5.41) is 3.32. The smallest absolute Gasteiger partial charge is 0.228 e. The van der Waals surface area contributed by atoms with Crippen LogP contribution in [0.1, 0.15) is 6.42 Å². The minimum absolute atomic E-state index is 0.0477. The van der Waals surface area contributed by atoms with Crippen LogP contribution in [-0.4, -0.2) is 50.1 Å². The second kappa shape index (κ2) is 6.76. The quantitative estimate of drug-likeness (QED) is 0.908. The summed E-state index contributed by atoms with van der Waals surface area (Å²) >= 11 is 5.95. The summed E-state index contributed by atoms with van der Waals surface area (Å²) in [7, 11) is 1.53. The van der Waals surface area contributed by atoms with E-state index in [0.717, 1.165) is 0 Å². The number of carbonyl (C=O) groups is 2. The van der Waals surface area contributed by atoms with E-state index < -0.39 is 0 Å². The normalized spacial score (nSPS) is 23.3. The molecule has 2 fully saturated rings. The number of ether oxygens (including phenoxy) is 2. The van der Waals surface area contributed by atoms with Crippen molar-refractivity contribution in [2.45, 2.75) is 6.42 Å². The topological polar surface area (TPSA) is 67.9 Å². The molecule has 1 aliphatic heterocycles. The van der Waals surface area contributed by atoms with Gasteiger partial charge >= 0.3 is 0 Å². The molecule has 23 heavy (non-hydrogen) atoms. The summed E-state index contributed by atoms with van der Waals surface area (Å²) in [5.41, 5.74) is 0.523. The number of rotatable bonds is 4. The number of benzene rings is 1. The van der Waals surface area contributed by atoms with Crippen LogP contribution < -0.4 is 10.1 Å². The maximum absolute atomic E-state index is 12.3. The summed E-state index contributed by atoms with van der Waals surface area (Å²) in [6, 6.07) is 5.03. The Bertz CT molecular complexity index is 616. The van der Waals surface area contributed by atoms with Crippen LogP contribution in [0, 0.1) is 11.8 Å². The molecule has 2 atom stereocenters. The Hall–Kier alpha value is -1.79. The zero-order chi connectivity index (χ0) is 16.4. The van der Waals surface area contributed by atoms with Crippen molar-refractivity contribution in [3.63, 3.8) is 0 Å². The molecule has 0 radical (unpaired) electrons. The highest BCUT2D eigenvalue weighted by molar-refractivity contribution is 6.31. The van der Waals surface area contributed by atoms with Crippen LogP contribution in [0.4, 0.5) is 5.69 Å². The van der Waals surface area contributed by atoms with Crippen molar-refractivity contribution in [1.29, 1.82) is 0 Å². The molecule has 1 aliphatic carbocycles. The van der Waals surface area contributed by atoms with Gasteiger partial charge in [-0.05, 0) is 24.6 Å². The first-order chi connectivity index (χ1) is 11.1. The minimum atomic E-state index is -0.283. The Morgan fingerprint density at radius 3 is 2.74 bits per heavy atom. The van der Waals surface area contributed by atoms with Gasteiger partial charge in [0.05, 0.1) is 37.8 Å². The average molecular weight is 339 g/mol. The first kappa shape index (κ1) is 16.1. The Morgan fingerprint density at radius 2 is 2.04 bits per heavy atom. The number of anilines is 1. The van der Waals surface area contributed by atoms with Gasteiger partial charge in [0.25, 0.3) is 0 Å². The van der Waals surface area contributed by atoms with Crippen molar-refractivity contribution in [2.75, 3.05) is 38.7 Å². The molecule has 6 nitrogen and oxygen atoms in total. The minimum Gasteiger partial charge on any atom is -0.495 e. The van der Waals surface area contributed by atoms with E-state index in [4.69, 9.17) is 21.1 Å². The van der Waals surface area contributed by atoms with E-state index >= 15 is 0 Å². The summed E-state index contributed by atoms with van der Waals surface area (Å²) in [6.07, 6.45) is 0.588. The van der Waals surface area contributed by atoms with Gasteiger partial charge in [-0.15, -0.1) is 0 Å². The maximum Gasteiger partial charge on any atom is 0.228 e. The Kier molecular flexibility index (Phi) is 4.73. The third-order valence-electron chi connectivity index (χ3n) is 4.19. The lowest BCUT2D eigenvalue weighted by Crippen LogP contribution is -2.42. The fourth-order valence-electron chi connectivity index (χ4n) is 2.78. The van der Waals surface area contributed by atoms with Gasteiger partial charge in [-0.3, -0.25) is 9.59 Å². The van der Waals surface area contributed by atoms with Gasteiger partial charge < -0.3 is 19.7 Å². The molecule has 2 aliphatic rings. The van der Waals surface area contributed by atoms with Crippen molar-refractivity contribution in [3.05, 3.63) is 23.2 Å². The monoisotopic (exact) mass is 338 g/mol. The van der Waals surface area contributed by atoms with Crippen molar-refractivity contribution >= 4 is 29.1 Å². The number of amides is 2. The fourth-order valence-corrected chi connectivity index (χ4v) is 2.95. The fraction of sp³-hybridized carbons (Fsp3) is 0.500. The second-order valence-corrected chi connectivity index (χ2v) is 6.16. The molecule has 2 unspecified atom stereocenters. The molecule has 0 aromatic heterocycles. The number of carbonyl (C=O) groups excluding carboxylic acids is 2. The van der Waals surface area contributed by atoms with E-state index in [1.807, 2.05) is 0 Å². The largest absolute Gasteiger partial charge is 0.495 e. The molecule has 3 rings (SSSR count). The Balaban J connectivity index is 1.60. The number of morpholine rings is 1. The van der Waals surface area contributed by atoms with Crippen LogP contribution in [0.5, 0.6) is 5.75 Å². The molecular formula is C16H19ClN2O4. The number of nitrogens with one attached hydrogen (secondary N) is 1. The molecule has 1 heterocycles. The predicted molar refractivity (Wildman–Crippen MR) is 85.6 cm³/mol.